The first-order valence-electron chi connectivity index (χ1n) is 11.9. The van der Waals surface area contributed by atoms with Gasteiger partial charge >= 0.3 is 0 Å². The Morgan fingerprint density at radius 2 is 1.44 bits per heavy atom. The molecule has 2 aromatic heterocycles. The SMILES string of the molecule is CCC1CC1(c1c(C)c(C)c(C)c(C)c1On1nnc2ccccc21)n1nnc2ccccc21. The predicted molar refractivity (Wildman–Crippen MR) is 132 cm³/mol. The van der Waals surface area contributed by atoms with Gasteiger partial charge in [-0.05, 0) is 91.8 Å². The second kappa shape index (κ2) is 7.38. The van der Waals surface area contributed by atoms with Crippen LogP contribution in [0, 0.1) is 33.6 Å². The normalized spacial score (nSPS) is 19.7. The van der Waals surface area contributed by atoms with Gasteiger partial charge in [-0.15, -0.1) is 10.2 Å². The zero-order valence-electron chi connectivity index (χ0n) is 20.2. The molecule has 1 fully saturated rings. The Hall–Kier alpha value is -3.74. The Balaban J connectivity index is 1.63. The third-order valence-corrected chi connectivity index (χ3v) is 7.86. The molecule has 0 radical (unpaired) electrons. The van der Waals surface area contributed by atoms with Gasteiger partial charge in [0.1, 0.15) is 16.6 Å². The molecule has 3 aromatic carbocycles. The summed E-state index contributed by atoms with van der Waals surface area (Å²) in [5.41, 5.74) is 9.32. The Labute approximate surface area is 198 Å². The van der Waals surface area contributed by atoms with Crippen molar-refractivity contribution in [1.29, 1.82) is 0 Å². The summed E-state index contributed by atoms with van der Waals surface area (Å²) in [4.78, 5) is 8.17. The van der Waals surface area contributed by atoms with Gasteiger partial charge in [0.2, 0.25) is 0 Å². The van der Waals surface area contributed by atoms with Crippen molar-refractivity contribution in [2.45, 2.75) is 53.0 Å². The van der Waals surface area contributed by atoms with Crippen molar-refractivity contribution in [3.05, 3.63) is 76.3 Å². The third kappa shape index (κ3) is 2.76. The van der Waals surface area contributed by atoms with Crippen LogP contribution in [0.5, 0.6) is 5.75 Å². The van der Waals surface area contributed by atoms with E-state index in [2.05, 4.69) is 66.8 Å². The lowest BCUT2D eigenvalue weighted by molar-refractivity contribution is 0.177. The van der Waals surface area contributed by atoms with Gasteiger partial charge in [0.05, 0.1) is 11.1 Å². The molecule has 7 heteroatoms. The van der Waals surface area contributed by atoms with Crippen LogP contribution in [0.25, 0.3) is 22.1 Å². The van der Waals surface area contributed by atoms with Gasteiger partial charge in [-0.25, -0.2) is 4.68 Å². The van der Waals surface area contributed by atoms with E-state index in [0.29, 0.717) is 5.92 Å². The summed E-state index contributed by atoms with van der Waals surface area (Å²) in [5.74, 6) is 1.28. The second-order valence-corrected chi connectivity index (χ2v) is 9.47. The summed E-state index contributed by atoms with van der Waals surface area (Å²) in [6.07, 6.45) is 2.04. The maximum Gasteiger partial charge on any atom is 0.167 e. The zero-order valence-corrected chi connectivity index (χ0v) is 20.2. The van der Waals surface area contributed by atoms with Gasteiger partial charge in [0, 0.05) is 5.56 Å². The fourth-order valence-corrected chi connectivity index (χ4v) is 5.55. The van der Waals surface area contributed by atoms with Gasteiger partial charge < -0.3 is 4.84 Å². The number of hydrogen-bond acceptors (Lipinski definition) is 5. The molecule has 5 aromatic rings. The molecule has 1 saturated carbocycles. The molecular weight excluding hydrogens is 424 g/mol. The molecule has 172 valence electrons. The molecule has 2 unspecified atom stereocenters. The van der Waals surface area contributed by atoms with E-state index in [1.807, 2.05) is 36.4 Å². The van der Waals surface area contributed by atoms with Crippen LogP contribution >= 0.6 is 0 Å². The molecule has 0 amide bonds. The first-order valence-corrected chi connectivity index (χ1v) is 11.9. The second-order valence-electron chi connectivity index (χ2n) is 9.47. The lowest BCUT2D eigenvalue weighted by Gasteiger charge is -2.27. The lowest BCUT2D eigenvalue weighted by Crippen LogP contribution is -2.27. The van der Waals surface area contributed by atoms with E-state index in [1.165, 1.54) is 22.3 Å². The molecule has 2 heterocycles. The number of rotatable bonds is 5. The van der Waals surface area contributed by atoms with Crippen LogP contribution in [-0.4, -0.2) is 30.2 Å². The molecular formula is C27H28N6O. The van der Waals surface area contributed by atoms with Crippen LogP contribution in [0.4, 0.5) is 0 Å². The molecule has 0 N–H and O–H groups in total. The highest BCUT2D eigenvalue weighted by Gasteiger charge is 2.60. The van der Waals surface area contributed by atoms with E-state index in [-0.39, 0.29) is 5.54 Å². The molecule has 1 aliphatic carbocycles. The monoisotopic (exact) mass is 452 g/mol. The maximum absolute atomic E-state index is 6.62. The summed E-state index contributed by atoms with van der Waals surface area (Å²) >= 11 is 0. The molecule has 2 atom stereocenters. The first-order chi connectivity index (χ1) is 16.5. The van der Waals surface area contributed by atoms with Crippen molar-refractivity contribution in [2.75, 3.05) is 0 Å². The van der Waals surface area contributed by atoms with Crippen molar-refractivity contribution in [3.8, 4) is 5.75 Å². The van der Waals surface area contributed by atoms with Crippen LogP contribution in [0.1, 0.15) is 47.6 Å². The van der Waals surface area contributed by atoms with Gasteiger partial charge in [-0.3, -0.25) is 0 Å². The van der Waals surface area contributed by atoms with E-state index >= 15 is 0 Å². The van der Waals surface area contributed by atoms with Gasteiger partial charge in [0.25, 0.3) is 0 Å². The predicted octanol–water partition coefficient (Wildman–Crippen LogP) is 5.43. The molecule has 0 bridgehead atoms. The number of benzene rings is 3. The van der Waals surface area contributed by atoms with Crippen LogP contribution in [-0.2, 0) is 5.54 Å². The highest BCUT2D eigenvalue weighted by atomic mass is 16.7. The molecule has 0 saturated heterocycles. The highest BCUT2D eigenvalue weighted by Crippen LogP contribution is 2.61. The summed E-state index contributed by atoms with van der Waals surface area (Å²) in [5, 5.41) is 17.8. The standard InChI is InChI=1S/C27H28N6O/c1-6-20-15-27(20,32-23-13-9-7-11-21(23)28-30-32)25-18(4)16(2)17(3)19(5)26(25)34-33-24-14-10-8-12-22(24)29-31-33/h7-14,20H,6,15H2,1-5H3. The average molecular weight is 453 g/mol. The zero-order chi connectivity index (χ0) is 23.6. The number of fused-ring (bicyclic) bond motifs is 2. The molecule has 7 nitrogen and oxygen atoms in total. The number of nitrogens with zero attached hydrogens (tertiary/aromatic N) is 6. The Kier molecular flexibility index (Phi) is 4.52. The van der Waals surface area contributed by atoms with Crippen molar-refractivity contribution in [2.24, 2.45) is 5.92 Å². The quantitative estimate of drug-likeness (QED) is 0.356. The van der Waals surface area contributed by atoms with Crippen LogP contribution in [0.3, 0.4) is 0 Å². The summed E-state index contributed by atoms with van der Waals surface area (Å²) < 4.78 is 2.14. The molecule has 0 spiro atoms. The molecule has 1 aliphatic rings. The fourth-order valence-electron chi connectivity index (χ4n) is 5.55. The third-order valence-electron chi connectivity index (χ3n) is 7.86. The smallest absolute Gasteiger partial charge is 0.167 e. The van der Waals surface area contributed by atoms with Crippen molar-refractivity contribution >= 4 is 22.1 Å². The van der Waals surface area contributed by atoms with E-state index in [0.717, 1.165) is 46.2 Å². The summed E-state index contributed by atoms with van der Waals surface area (Å²) in [6, 6.07) is 16.0. The van der Waals surface area contributed by atoms with Gasteiger partial charge in [0.15, 0.2) is 5.75 Å². The minimum atomic E-state index is -0.316. The highest BCUT2D eigenvalue weighted by molar-refractivity contribution is 5.76. The van der Waals surface area contributed by atoms with E-state index in [4.69, 9.17) is 10.1 Å². The first kappa shape index (κ1) is 20.8. The Morgan fingerprint density at radius 3 is 2.15 bits per heavy atom. The number of hydrogen-bond donors (Lipinski definition) is 0. The van der Waals surface area contributed by atoms with Crippen molar-refractivity contribution in [1.82, 2.24) is 30.2 Å². The van der Waals surface area contributed by atoms with Crippen molar-refractivity contribution in [3.63, 3.8) is 0 Å². The Bertz CT molecular complexity index is 1560. The molecule has 6 rings (SSSR count). The minimum absolute atomic E-state index is 0.316. The van der Waals surface area contributed by atoms with Crippen LogP contribution in [0.2, 0.25) is 0 Å². The average Bonchev–Trinajstić information content (AvgIpc) is 3.21. The minimum Gasteiger partial charge on any atom is -0.355 e. The molecule has 0 aliphatic heterocycles. The van der Waals surface area contributed by atoms with Crippen molar-refractivity contribution < 1.29 is 4.84 Å². The summed E-state index contributed by atoms with van der Waals surface area (Å²) in [6.45, 7) is 11.0. The lowest BCUT2D eigenvalue weighted by atomic mass is 9.87. The van der Waals surface area contributed by atoms with E-state index in [9.17, 15) is 0 Å². The van der Waals surface area contributed by atoms with Crippen LogP contribution in [0.15, 0.2) is 48.5 Å². The largest absolute Gasteiger partial charge is 0.355 e. The van der Waals surface area contributed by atoms with Gasteiger partial charge in [-0.2, -0.15) is 0 Å². The summed E-state index contributed by atoms with van der Waals surface area (Å²) in [7, 11) is 0. The van der Waals surface area contributed by atoms with E-state index in [1.54, 1.807) is 4.85 Å². The number of aromatic nitrogens is 6. The Morgan fingerprint density at radius 1 is 0.824 bits per heavy atom. The molecule has 34 heavy (non-hydrogen) atoms. The van der Waals surface area contributed by atoms with Crippen LogP contribution < -0.4 is 4.84 Å². The van der Waals surface area contributed by atoms with Gasteiger partial charge in [-0.1, -0.05) is 47.7 Å². The number of para-hydroxylation sites is 2. The van der Waals surface area contributed by atoms with E-state index < -0.39 is 0 Å². The topological polar surface area (TPSA) is 70.7 Å². The maximum atomic E-state index is 6.62. The fraction of sp³-hybridized carbons (Fsp3) is 0.333.